The highest BCUT2D eigenvalue weighted by molar-refractivity contribution is 5.95. The first-order valence-electron chi connectivity index (χ1n) is 6.11. The molecule has 1 aromatic carbocycles. The van der Waals surface area contributed by atoms with Gasteiger partial charge in [0.2, 0.25) is 0 Å². The zero-order valence-electron chi connectivity index (χ0n) is 10.8. The summed E-state index contributed by atoms with van der Waals surface area (Å²) in [6, 6.07) is 5.85. The average Bonchev–Trinajstić information content (AvgIpc) is 2.69. The Morgan fingerprint density at radius 3 is 2.71 bits per heavy atom. The summed E-state index contributed by atoms with van der Waals surface area (Å²) in [4.78, 5) is 12.1. The summed E-state index contributed by atoms with van der Waals surface area (Å²) in [5, 5.41) is 6.39. The minimum atomic E-state index is -0.101. The zero-order chi connectivity index (χ0) is 12.5. The Labute approximate surface area is 103 Å². The van der Waals surface area contributed by atoms with Crippen LogP contribution in [0.2, 0.25) is 0 Å². The van der Waals surface area contributed by atoms with E-state index >= 15 is 0 Å². The van der Waals surface area contributed by atoms with Gasteiger partial charge < -0.3 is 10.6 Å². The number of benzene rings is 1. The Morgan fingerprint density at radius 1 is 1.35 bits per heavy atom. The lowest BCUT2D eigenvalue weighted by molar-refractivity contribution is 0.0913. The lowest BCUT2D eigenvalue weighted by Gasteiger charge is -2.24. The van der Waals surface area contributed by atoms with Gasteiger partial charge in [-0.3, -0.25) is 4.79 Å². The molecule has 0 radical (unpaired) electrons. The molecule has 0 bridgehead atoms. The molecule has 1 unspecified atom stereocenters. The maximum absolute atomic E-state index is 12.1. The summed E-state index contributed by atoms with van der Waals surface area (Å²) in [6.07, 6.45) is 0.990. The number of amides is 1. The molecular weight excluding hydrogens is 212 g/mol. The molecule has 0 saturated carbocycles. The Hall–Kier alpha value is -1.35. The van der Waals surface area contributed by atoms with Crippen molar-refractivity contribution >= 4 is 5.91 Å². The molecule has 1 saturated heterocycles. The number of aryl methyl sites for hydroxylation is 2. The highest BCUT2D eigenvalue weighted by atomic mass is 16.1. The van der Waals surface area contributed by atoms with Gasteiger partial charge in [0.05, 0.1) is 5.54 Å². The smallest absolute Gasteiger partial charge is 0.251 e. The molecule has 1 aromatic rings. The van der Waals surface area contributed by atoms with Crippen LogP contribution in [0.25, 0.3) is 0 Å². The van der Waals surface area contributed by atoms with Crippen LogP contribution in [0.1, 0.15) is 34.8 Å². The maximum atomic E-state index is 12.1. The van der Waals surface area contributed by atoms with Crippen LogP contribution in [0, 0.1) is 13.8 Å². The molecule has 1 aliphatic heterocycles. The van der Waals surface area contributed by atoms with E-state index in [0.717, 1.165) is 30.6 Å². The highest BCUT2D eigenvalue weighted by Crippen LogP contribution is 2.15. The molecule has 0 aliphatic carbocycles. The first-order chi connectivity index (χ1) is 8.00. The molecule has 17 heavy (non-hydrogen) atoms. The first kappa shape index (κ1) is 12.1. The fraction of sp³-hybridized carbons (Fsp3) is 0.500. The summed E-state index contributed by atoms with van der Waals surface area (Å²) in [5.74, 6) is 0.0271. The molecule has 92 valence electrons. The molecule has 1 fully saturated rings. The van der Waals surface area contributed by atoms with Crippen molar-refractivity contribution in [1.82, 2.24) is 10.6 Å². The SMILES string of the molecule is Cc1ccc(C(=O)NC2(C)CCNC2)cc1C. The molecule has 1 heterocycles. The zero-order valence-corrected chi connectivity index (χ0v) is 10.8. The molecule has 2 rings (SSSR count). The molecule has 3 heteroatoms. The fourth-order valence-electron chi connectivity index (χ4n) is 2.15. The third-order valence-corrected chi connectivity index (χ3v) is 3.55. The van der Waals surface area contributed by atoms with E-state index in [0.29, 0.717) is 0 Å². The molecule has 1 atom stereocenters. The Kier molecular flexibility index (Phi) is 3.20. The fourth-order valence-corrected chi connectivity index (χ4v) is 2.15. The Balaban J connectivity index is 2.11. The topological polar surface area (TPSA) is 41.1 Å². The normalized spacial score (nSPS) is 23.7. The van der Waals surface area contributed by atoms with Crippen molar-refractivity contribution in [1.29, 1.82) is 0 Å². The standard InChI is InChI=1S/C14H20N2O/c1-10-4-5-12(8-11(10)2)13(17)16-14(3)6-7-15-9-14/h4-5,8,15H,6-7,9H2,1-3H3,(H,16,17). The van der Waals surface area contributed by atoms with Crippen LogP contribution in [0.5, 0.6) is 0 Å². The van der Waals surface area contributed by atoms with Gasteiger partial charge in [-0.05, 0) is 57.0 Å². The lowest BCUT2D eigenvalue weighted by atomic mass is 10.00. The summed E-state index contributed by atoms with van der Waals surface area (Å²) in [7, 11) is 0. The van der Waals surface area contributed by atoms with Crippen molar-refractivity contribution in [3.8, 4) is 0 Å². The van der Waals surface area contributed by atoms with Gasteiger partial charge >= 0.3 is 0 Å². The predicted molar refractivity (Wildman–Crippen MR) is 69.3 cm³/mol. The summed E-state index contributed by atoms with van der Waals surface area (Å²) in [5.41, 5.74) is 3.03. The van der Waals surface area contributed by atoms with Gasteiger partial charge in [-0.25, -0.2) is 0 Å². The second-order valence-corrected chi connectivity index (χ2v) is 5.24. The van der Waals surface area contributed by atoms with E-state index in [1.165, 1.54) is 5.56 Å². The molecule has 0 aromatic heterocycles. The predicted octanol–water partition coefficient (Wildman–Crippen LogP) is 1.79. The molecule has 2 N–H and O–H groups in total. The van der Waals surface area contributed by atoms with E-state index in [1.54, 1.807) is 0 Å². The number of hydrogen-bond acceptors (Lipinski definition) is 2. The van der Waals surface area contributed by atoms with Crippen LogP contribution in [-0.4, -0.2) is 24.5 Å². The Bertz CT molecular complexity index is 434. The van der Waals surface area contributed by atoms with Gasteiger partial charge in [0.15, 0.2) is 0 Å². The molecule has 1 aliphatic rings. The number of rotatable bonds is 2. The van der Waals surface area contributed by atoms with Gasteiger partial charge in [-0.2, -0.15) is 0 Å². The van der Waals surface area contributed by atoms with E-state index in [-0.39, 0.29) is 11.4 Å². The van der Waals surface area contributed by atoms with Crippen LogP contribution in [0.3, 0.4) is 0 Å². The van der Waals surface area contributed by atoms with Crippen LogP contribution >= 0.6 is 0 Å². The summed E-state index contributed by atoms with van der Waals surface area (Å²) >= 11 is 0. The second-order valence-electron chi connectivity index (χ2n) is 5.24. The second kappa shape index (κ2) is 4.49. The van der Waals surface area contributed by atoms with Crippen LogP contribution in [-0.2, 0) is 0 Å². The molecule has 0 spiro atoms. The largest absolute Gasteiger partial charge is 0.346 e. The minimum absolute atomic E-state index is 0.0271. The van der Waals surface area contributed by atoms with Gasteiger partial charge in [-0.15, -0.1) is 0 Å². The van der Waals surface area contributed by atoms with Gasteiger partial charge in [0, 0.05) is 12.1 Å². The Morgan fingerprint density at radius 2 is 2.12 bits per heavy atom. The third kappa shape index (κ3) is 2.67. The van der Waals surface area contributed by atoms with E-state index in [9.17, 15) is 4.79 Å². The van der Waals surface area contributed by atoms with Crippen LogP contribution in [0.15, 0.2) is 18.2 Å². The quantitative estimate of drug-likeness (QED) is 0.816. The van der Waals surface area contributed by atoms with Gasteiger partial charge in [0.1, 0.15) is 0 Å². The van der Waals surface area contributed by atoms with E-state index in [2.05, 4.69) is 24.5 Å². The number of carbonyl (C=O) groups is 1. The monoisotopic (exact) mass is 232 g/mol. The minimum Gasteiger partial charge on any atom is -0.346 e. The highest BCUT2D eigenvalue weighted by Gasteiger charge is 2.30. The van der Waals surface area contributed by atoms with Crippen molar-refractivity contribution in [3.05, 3.63) is 34.9 Å². The van der Waals surface area contributed by atoms with Gasteiger partial charge in [0.25, 0.3) is 5.91 Å². The van der Waals surface area contributed by atoms with E-state index < -0.39 is 0 Å². The van der Waals surface area contributed by atoms with Crippen molar-refractivity contribution in [2.45, 2.75) is 32.7 Å². The van der Waals surface area contributed by atoms with Crippen LogP contribution in [0.4, 0.5) is 0 Å². The van der Waals surface area contributed by atoms with Crippen molar-refractivity contribution in [2.75, 3.05) is 13.1 Å². The molecular formula is C14H20N2O. The van der Waals surface area contributed by atoms with Crippen molar-refractivity contribution in [3.63, 3.8) is 0 Å². The number of nitrogens with one attached hydrogen (secondary N) is 2. The van der Waals surface area contributed by atoms with Crippen molar-refractivity contribution in [2.24, 2.45) is 0 Å². The first-order valence-corrected chi connectivity index (χ1v) is 6.11. The van der Waals surface area contributed by atoms with E-state index in [4.69, 9.17) is 0 Å². The lowest BCUT2D eigenvalue weighted by Crippen LogP contribution is -2.47. The van der Waals surface area contributed by atoms with Crippen LogP contribution < -0.4 is 10.6 Å². The third-order valence-electron chi connectivity index (χ3n) is 3.55. The number of hydrogen-bond donors (Lipinski definition) is 2. The van der Waals surface area contributed by atoms with Crippen molar-refractivity contribution < 1.29 is 4.79 Å². The molecule has 1 amide bonds. The summed E-state index contributed by atoms with van der Waals surface area (Å²) in [6.45, 7) is 8.00. The number of carbonyl (C=O) groups excluding carboxylic acids is 1. The van der Waals surface area contributed by atoms with Gasteiger partial charge in [-0.1, -0.05) is 6.07 Å². The molecule has 3 nitrogen and oxygen atoms in total. The maximum Gasteiger partial charge on any atom is 0.251 e. The summed E-state index contributed by atoms with van der Waals surface area (Å²) < 4.78 is 0. The average molecular weight is 232 g/mol. The van der Waals surface area contributed by atoms with E-state index in [1.807, 2.05) is 25.1 Å².